The molecule has 1 aromatic carbocycles. The fourth-order valence-electron chi connectivity index (χ4n) is 1.55. The molecule has 0 radical (unpaired) electrons. The average molecular weight is 361 g/mol. The van der Waals surface area contributed by atoms with Crippen molar-refractivity contribution in [3.63, 3.8) is 0 Å². The molecule has 5 nitrogen and oxygen atoms in total. The third-order valence-electron chi connectivity index (χ3n) is 2.50. The molecule has 110 valence electrons. The van der Waals surface area contributed by atoms with Crippen molar-refractivity contribution >= 4 is 37.5 Å². The van der Waals surface area contributed by atoms with Crippen LogP contribution in [0.25, 0.3) is 0 Å². The predicted octanol–water partition coefficient (Wildman–Crippen LogP) is 2.23. The number of hydrogen-bond donors (Lipinski definition) is 1. The van der Waals surface area contributed by atoms with Crippen LogP contribution < -0.4 is 5.32 Å². The van der Waals surface area contributed by atoms with Crippen molar-refractivity contribution < 1.29 is 13.2 Å². The van der Waals surface area contributed by atoms with Gasteiger partial charge in [0.25, 0.3) is 0 Å². The van der Waals surface area contributed by atoms with Crippen LogP contribution in [-0.2, 0) is 14.8 Å². The van der Waals surface area contributed by atoms with Gasteiger partial charge in [-0.1, -0.05) is 28.1 Å². The second-order valence-electron chi connectivity index (χ2n) is 4.22. The van der Waals surface area contributed by atoms with E-state index in [4.69, 9.17) is 0 Å². The van der Waals surface area contributed by atoms with Gasteiger partial charge in [-0.15, -0.1) is 6.58 Å². The van der Waals surface area contributed by atoms with E-state index in [1.807, 2.05) is 6.07 Å². The highest BCUT2D eigenvalue weighted by Crippen LogP contribution is 2.15. The Bertz CT molecular complexity index is 587. The molecule has 0 saturated heterocycles. The van der Waals surface area contributed by atoms with E-state index in [0.29, 0.717) is 5.69 Å². The highest BCUT2D eigenvalue weighted by atomic mass is 79.9. The third-order valence-corrected chi connectivity index (χ3v) is 4.26. The van der Waals surface area contributed by atoms with Crippen LogP contribution in [0.3, 0.4) is 0 Å². The molecular weight excluding hydrogens is 344 g/mol. The van der Waals surface area contributed by atoms with E-state index in [1.54, 1.807) is 18.2 Å². The van der Waals surface area contributed by atoms with Crippen LogP contribution in [0.15, 0.2) is 41.4 Å². The summed E-state index contributed by atoms with van der Waals surface area (Å²) in [5, 5.41) is 2.72. The van der Waals surface area contributed by atoms with Crippen molar-refractivity contribution in [1.82, 2.24) is 4.31 Å². The molecule has 0 saturated carbocycles. The van der Waals surface area contributed by atoms with Crippen molar-refractivity contribution in [1.29, 1.82) is 0 Å². The van der Waals surface area contributed by atoms with E-state index in [9.17, 15) is 13.2 Å². The number of halogens is 1. The van der Waals surface area contributed by atoms with Gasteiger partial charge in [0.2, 0.25) is 15.9 Å². The number of nitrogens with one attached hydrogen (secondary N) is 1. The number of rotatable bonds is 7. The van der Waals surface area contributed by atoms with Crippen LogP contribution >= 0.6 is 15.9 Å². The molecule has 20 heavy (non-hydrogen) atoms. The molecule has 1 rings (SSSR count). The molecule has 0 heterocycles. The minimum Gasteiger partial charge on any atom is -0.326 e. The number of hydrogen-bond acceptors (Lipinski definition) is 3. The largest absolute Gasteiger partial charge is 0.326 e. The standard InChI is InChI=1S/C13H17BrN2O3S/c1-3-8-16(20(2,18)19)9-7-13(17)15-12-6-4-5-11(14)10-12/h3-6,10H,1,7-9H2,2H3,(H,15,17). The SMILES string of the molecule is C=CCN(CCC(=O)Nc1cccc(Br)c1)S(C)(=O)=O. The van der Waals surface area contributed by atoms with Gasteiger partial charge in [0.15, 0.2) is 0 Å². The van der Waals surface area contributed by atoms with Crippen molar-refractivity contribution in [3.05, 3.63) is 41.4 Å². The molecule has 1 aromatic rings. The Morgan fingerprint density at radius 2 is 2.20 bits per heavy atom. The van der Waals surface area contributed by atoms with Crippen molar-refractivity contribution in [3.8, 4) is 0 Å². The van der Waals surface area contributed by atoms with Gasteiger partial charge in [-0.2, -0.15) is 4.31 Å². The maximum Gasteiger partial charge on any atom is 0.225 e. The third kappa shape index (κ3) is 5.85. The molecule has 1 amide bonds. The summed E-state index contributed by atoms with van der Waals surface area (Å²) in [6.07, 6.45) is 2.70. The Hall–Kier alpha value is -1.18. The van der Waals surface area contributed by atoms with Crippen LogP contribution in [0.5, 0.6) is 0 Å². The molecule has 0 aliphatic carbocycles. The number of nitrogens with zero attached hydrogens (tertiary/aromatic N) is 1. The topological polar surface area (TPSA) is 66.5 Å². The maximum absolute atomic E-state index is 11.8. The van der Waals surface area contributed by atoms with Gasteiger partial charge in [-0.25, -0.2) is 8.42 Å². The Balaban J connectivity index is 2.56. The maximum atomic E-state index is 11.8. The van der Waals surface area contributed by atoms with Crippen molar-refractivity contribution in [2.24, 2.45) is 0 Å². The first-order valence-corrected chi connectivity index (χ1v) is 8.58. The summed E-state index contributed by atoms with van der Waals surface area (Å²) in [6, 6.07) is 7.20. The quantitative estimate of drug-likeness (QED) is 0.758. The van der Waals surface area contributed by atoms with Gasteiger partial charge in [0.1, 0.15) is 0 Å². The van der Waals surface area contributed by atoms with Gasteiger partial charge in [-0.3, -0.25) is 4.79 Å². The van der Waals surface area contributed by atoms with Crippen molar-refractivity contribution in [2.75, 3.05) is 24.7 Å². The first-order valence-electron chi connectivity index (χ1n) is 5.94. The Labute approximate surface area is 127 Å². The summed E-state index contributed by atoms with van der Waals surface area (Å²) < 4.78 is 25.0. The lowest BCUT2D eigenvalue weighted by Crippen LogP contribution is -2.33. The number of anilines is 1. The number of benzene rings is 1. The van der Waals surface area contributed by atoms with E-state index < -0.39 is 10.0 Å². The van der Waals surface area contributed by atoms with E-state index in [2.05, 4.69) is 27.8 Å². The first kappa shape index (κ1) is 16.9. The fraction of sp³-hybridized carbons (Fsp3) is 0.308. The molecule has 0 spiro atoms. The lowest BCUT2D eigenvalue weighted by molar-refractivity contribution is -0.116. The molecule has 0 fully saturated rings. The van der Waals surface area contributed by atoms with E-state index in [-0.39, 0.29) is 25.4 Å². The smallest absolute Gasteiger partial charge is 0.225 e. The average Bonchev–Trinajstić information content (AvgIpc) is 2.33. The zero-order chi connectivity index (χ0) is 15.2. The minimum absolute atomic E-state index is 0.0907. The zero-order valence-corrected chi connectivity index (χ0v) is 13.6. The minimum atomic E-state index is -3.33. The monoisotopic (exact) mass is 360 g/mol. The van der Waals surface area contributed by atoms with E-state index >= 15 is 0 Å². The summed E-state index contributed by atoms with van der Waals surface area (Å²) in [6.45, 7) is 3.83. The number of carbonyl (C=O) groups excluding carboxylic acids is 1. The second kappa shape index (κ2) is 7.56. The number of sulfonamides is 1. The molecule has 0 unspecified atom stereocenters. The molecule has 0 aromatic heterocycles. The van der Waals surface area contributed by atoms with Crippen LogP contribution in [0.2, 0.25) is 0 Å². The summed E-state index contributed by atoms with van der Waals surface area (Å²) in [4.78, 5) is 11.8. The first-order chi connectivity index (χ1) is 9.32. The highest BCUT2D eigenvalue weighted by Gasteiger charge is 2.16. The summed E-state index contributed by atoms with van der Waals surface area (Å²) in [7, 11) is -3.33. The van der Waals surface area contributed by atoms with Crippen molar-refractivity contribution in [2.45, 2.75) is 6.42 Å². The zero-order valence-electron chi connectivity index (χ0n) is 11.2. The van der Waals surface area contributed by atoms with E-state index in [1.165, 1.54) is 10.4 Å². The molecule has 0 aliphatic rings. The predicted molar refractivity (Wildman–Crippen MR) is 84.0 cm³/mol. The van der Waals surface area contributed by atoms with Gasteiger partial charge in [0, 0.05) is 29.7 Å². The van der Waals surface area contributed by atoms with Gasteiger partial charge >= 0.3 is 0 Å². The normalized spacial score (nSPS) is 11.3. The molecule has 0 bridgehead atoms. The lowest BCUT2D eigenvalue weighted by Gasteiger charge is -2.17. The molecule has 1 N–H and O–H groups in total. The fourth-order valence-corrected chi connectivity index (χ4v) is 2.75. The second-order valence-corrected chi connectivity index (χ2v) is 7.12. The summed E-state index contributed by atoms with van der Waals surface area (Å²) >= 11 is 3.31. The van der Waals surface area contributed by atoms with Gasteiger partial charge < -0.3 is 5.32 Å². The van der Waals surface area contributed by atoms with Gasteiger partial charge in [-0.05, 0) is 18.2 Å². The molecule has 0 atom stereocenters. The van der Waals surface area contributed by atoms with Gasteiger partial charge in [0.05, 0.1) is 6.26 Å². The van der Waals surface area contributed by atoms with Crippen LogP contribution in [-0.4, -0.2) is 38.0 Å². The van der Waals surface area contributed by atoms with Crippen LogP contribution in [0.1, 0.15) is 6.42 Å². The molecule has 7 heteroatoms. The Morgan fingerprint density at radius 3 is 2.75 bits per heavy atom. The van der Waals surface area contributed by atoms with Crippen LogP contribution in [0.4, 0.5) is 5.69 Å². The Morgan fingerprint density at radius 1 is 1.50 bits per heavy atom. The highest BCUT2D eigenvalue weighted by molar-refractivity contribution is 9.10. The summed E-state index contributed by atoms with van der Waals surface area (Å²) in [5.41, 5.74) is 0.666. The Kier molecular flexibility index (Phi) is 6.38. The molecule has 0 aliphatic heterocycles. The molecular formula is C13H17BrN2O3S. The number of carbonyl (C=O) groups is 1. The lowest BCUT2D eigenvalue weighted by atomic mass is 10.3. The van der Waals surface area contributed by atoms with Crippen LogP contribution in [0, 0.1) is 0 Å². The van der Waals surface area contributed by atoms with E-state index in [0.717, 1.165) is 10.7 Å². The summed E-state index contributed by atoms with van der Waals surface area (Å²) in [5.74, 6) is -0.235. The number of amides is 1.